The molecule has 2 rings (SSSR count). The van der Waals surface area contributed by atoms with Gasteiger partial charge in [0.1, 0.15) is 0 Å². The zero-order valence-corrected chi connectivity index (χ0v) is 12.4. The van der Waals surface area contributed by atoms with Crippen LogP contribution in [0.1, 0.15) is 24.0 Å². The van der Waals surface area contributed by atoms with Crippen molar-refractivity contribution in [2.24, 2.45) is 5.73 Å². The van der Waals surface area contributed by atoms with Crippen LogP contribution >= 0.6 is 11.3 Å². The van der Waals surface area contributed by atoms with Gasteiger partial charge in [-0.05, 0) is 13.3 Å². The third-order valence-electron chi connectivity index (χ3n) is 3.49. The van der Waals surface area contributed by atoms with Gasteiger partial charge < -0.3 is 10.6 Å². The van der Waals surface area contributed by atoms with Crippen LogP contribution in [0.25, 0.3) is 0 Å². The number of hydrogen-bond donors (Lipinski definition) is 1. The van der Waals surface area contributed by atoms with E-state index in [1.54, 1.807) is 11.3 Å². The normalized spacial score (nSPS) is 18.6. The smallest absolute Gasteiger partial charge is 0.239 e. The van der Waals surface area contributed by atoms with Gasteiger partial charge in [0, 0.05) is 38.1 Å². The Morgan fingerprint density at radius 1 is 1.47 bits per heavy atom. The first kappa shape index (κ1) is 14.4. The highest BCUT2D eigenvalue weighted by atomic mass is 32.1. The van der Waals surface area contributed by atoms with Gasteiger partial charge in [-0.2, -0.15) is 0 Å². The highest BCUT2D eigenvalue weighted by molar-refractivity contribution is 7.09. The average molecular weight is 282 g/mol. The molecule has 2 N–H and O–H groups in total. The van der Waals surface area contributed by atoms with Crippen molar-refractivity contribution >= 4 is 17.2 Å². The molecule has 0 aromatic carbocycles. The van der Waals surface area contributed by atoms with Crippen molar-refractivity contribution in [2.75, 3.05) is 26.2 Å². The van der Waals surface area contributed by atoms with E-state index < -0.39 is 0 Å². The number of carbonyl (C=O) groups is 1. The molecule has 1 aliphatic heterocycles. The maximum atomic E-state index is 12.0. The average Bonchev–Trinajstić information content (AvgIpc) is 2.83. The van der Waals surface area contributed by atoms with Gasteiger partial charge in [-0.15, -0.1) is 11.3 Å². The topological polar surface area (TPSA) is 62.5 Å². The van der Waals surface area contributed by atoms with Crippen LogP contribution < -0.4 is 5.73 Å². The quantitative estimate of drug-likeness (QED) is 0.888. The summed E-state index contributed by atoms with van der Waals surface area (Å²) in [4.78, 5) is 20.7. The predicted molar refractivity (Wildman–Crippen MR) is 77.0 cm³/mol. The molecule has 0 bridgehead atoms. The fraction of sp³-hybridized carbons (Fsp3) is 0.692. The van der Waals surface area contributed by atoms with Crippen molar-refractivity contribution in [3.8, 4) is 0 Å². The Morgan fingerprint density at radius 2 is 2.16 bits per heavy atom. The third-order valence-corrected chi connectivity index (χ3v) is 4.32. The van der Waals surface area contributed by atoms with Gasteiger partial charge in [0.25, 0.3) is 0 Å². The summed E-state index contributed by atoms with van der Waals surface area (Å²) in [6.07, 6.45) is 0.706. The van der Waals surface area contributed by atoms with Crippen LogP contribution in [0.15, 0.2) is 5.38 Å². The summed E-state index contributed by atoms with van der Waals surface area (Å²) in [7, 11) is 0. The van der Waals surface area contributed by atoms with Gasteiger partial charge in [0.15, 0.2) is 0 Å². The second kappa shape index (κ2) is 6.45. The molecule has 1 saturated heterocycles. The Hall–Kier alpha value is -0.980. The molecule has 5 nitrogen and oxygen atoms in total. The molecule has 0 radical (unpaired) electrons. The highest BCUT2D eigenvalue weighted by Gasteiger charge is 2.24. The Labute approximate surface area is 118 Å². The third kappa shape index (κ3) is 3.75. The number of aromatic nitrogens is 1. The minimum Gasteiger partial charge on any atom is -0.339 e. The molecule has 1 aromatic heterocycles. The number of amides is 1. The summed E-state index contributed by atoms with van der Waals surface area (Å²) in [6.45, 7) is 8.20. The zero-order chi connectivity index (χ0) is 13.8. The molecule has 1 fully saturated rings. The Bertz CT molecular complexity index is 426. The van der Waals surface area contributed by atoms with Crippen molar-refractivity contribution in [1.29, 1.82) is 0 Å². The standard InChI is InChI=1S/C13H22N4OS/c1-3-12(14)13(18)17-6-4-16(5-7-17)8-11-9-19-10(2)15-11/h9,12H,3-8,14H2,1-2H3/t12-/m0/s1. The first-order valence-corrected chi connectivity index (χ1v) is 7.66. The van der Waals surface area contributed by atoms with Crippen LogP contribution in [-0.4, -0.2) is 52.9 Å². The SMILES string of the molecule is CC[C@H](N)C(=O)N1CCN(Cc2csc(C)n2)CC1. The molecule has 6 heteroatoms. The minimum atomic E-state index is -0.340. The summed E-state index contributed by atoms with van der Waals surface area (Å²) in [6, 6.07) is -0.340. The molecule has 0 spiro atoms. The predicted octanol–water partition coefficient (Wildman–Crippen LogP) is 0.833. The fourth-order valence-electron chi connectivity index (χ4n) is 2.25. The molecule has 19 heavy (non-hydrogen) atoms. The second-order valence-electron chi connectivity index (χ2n) is 4.97. The lowest BCUT2D eigenvalue weighted by Gasteiger charge is -2.35. The Balaban J connectivity index is 1.81. The highest BCUT2D eigenvalue weighted by Crippen LogP contribution is 2.12. The van der Waals surface area contributed by atoms with Crippen molar-refractivity contribution in [3.63, 3.8) is 0 Å². The van der Waals surface area contributed by atoms with E-state index in [-0.39, 0.29) is 11.9 Å². The van der Waals surface area contributed by atoms with Crippen LogP contribution in [0.3, 0.4) is 0 Å². The lowest BCUT2D eigenvalue weighted by atomic mass is 10.2. The van der Waals surface area contributed by atoms with Crippen molar-refractivity contribution in [2.45, 2.75) is 32.9 Å². The molecule has 2 heterocycles. The van der Waals surface area contributed by atoms with E-state index in [2.05, 4.69) is 15.3 Å². The number of rotatable bonds is 4. The maximum absolute atomic E-state index is 12.0. The second-order valence-corrected chi connectivity index (χ2v) is 6.04. The summed E-state index contributed by atoms with van der Waals surface area (Å²) in [5.74, 6) is 0.0895. The van der Waals surface area contributed by atoms with Crippen molar-refractivity contribution in [3.05, 3.63) is 16.1 Å². The largest absolute Gasteiger partial charge is 0.339 e. The van der Waals surface area contributed by atoms with E-state index in [0.717, 1.165) is 43.4 Å². The molecular formula is C13H22N4OS. The van der Waals surface area contributed by atoms with Crippen LogP contribution in [0, 0.1) is 6.92 Å². The van der Waals surface area contributed by atoms with E-state index in [0.29, 0.717) is 6.42 Å². The summed E-state index contributed by atoms with van der Waals surface area (Å²) in [5, 5.41) is 3.22. The zero-order valence-electron chi connectivity index (χ0n) is 11.6. The minimum absolute atomic E-state index is 0.0895. The molecule has 0 unspecified atom stereocenters. The molecule has 106 valence electrons. The molecular weight excluding hydrogens is 260 g/mol. The van der Waals surface area contributed by atoms with E-state index >= 15 is 0 Å². The Morgan fingerprint density at radius 3 is 2.68 bits per heavy atom. The first-order chi connectivity index (χ1) is 9.10. The van der Waals surface area contributed by atoms with Crippen molar-refractivity contribution in [1.82, 2.24) is 14.8 Å². The van der Waals surface area contributed by atoms with E-state index in [1.807, 2.05) is 18.7 Å². The van der Waals surface area contributed by atoms with Gasteiger partial charge in [-0.25, -0.2) is 4.98 Å². The molecule has 0 saturated carbocycles. The first-order valence-electron chi connectivity index (χ1n) is 6.78. The molecule has 1 atom stereocenters. The summed E-state index contributed by atoms with van der Waals surface area (Å²) < 4.78 is 0. The fourth-order valence-corrected chi connectivity index (χ4v) is 2.85. The van der Waals surface area contributed by atoms with E-state index in [9.17, 15) is 4.79 Å². The summed E-state index contributed by atoms with van der Waals surface area (Å²) in [5.41, 5.74) is 6.93. The number of thiazole rings is 1. The monoisotopic (exact) mass is 282 g/mol. The van der Waals surface area contributed by atoms with Crippen LogP contribution in [-0.2, 0) is 11.3 Å². The lowest BCUT2D eigenvalue weighted by molar-refractivity contribution is -0.134. The van der Waals surface area contributed by atoms with Crippen molar-refractivity contribution < 1.29 is 4.79 Å². The van der Waals surface area contributed by atoms with Gasteiger partial charge in [-0.1, -0.05) is 6.92 Å². The van der Waals surface area contributed by atoms with Gasteiger partial charge in [0.05, 0.1) is 16.7 Å². The van der Waals surface area contributed by atoms with Crippen LogP contribution in [0.5, 0.6) is 0 Å². The number of nitrogens with zero attached hydrogens (tertiary/aromatic N) is 3. The van der Waals surface area contributed by atoms with Crippen LogP contribution in [0.2, 0.25) is 0 Å². The number of carbonyl (C=O) groups excluding carboxylic acids is 1. The van der Waals surface area contributed by atoms with Gasteiger partial charge in [-0.3, -0.25) is 9.69 Å². The Kier molecular flexibility index (Phi) is 4.90. The number of aryl methyl sites for hydroxylation is 1. The number of piperazine rings is 1. The van der Waals surface area contributed by atoms with E-state index in [4.69, 9.17) is 5.73 Å². The maximum Gasteiger partial charge on any atom is 0.239 e. The van der Waals surface area contributed by atoms with Gasteiger partial charge >= 0.3 is 0 Å². The molecule has 1 aromatic rings. The number of nitrogens with two attached hydrogens (primary N) is 1. The van der Waals surface area contributed by atoms with Crippen LogP contribution in [0.4, 0.5) is 0 Å². The lowest BCUT2D eigenvalue weighted by Crippen LogP contribution is -2.52. The van der Waals surface area contributed by atoms with Gasteiger partial charge in [0.2, 0.25) is 5.91 Å². The number of hydrogen-bond acceptors (Lipinski definition) is 5. The molecule has 1 amide bonds. The van der Waals surface area contributed by atoms with E-state index in [1.165, 1.54) is 0 Å². The molecule has 1 aliphatic rings. The molecule has 0 aliphatic carbocycles. The summed E-state index contributed by atoms with van der Waals surface area (Å²) >= 11 is 1.69.